The van der Waals surface area contributed by atoms with Crippen LogP contribution in [0, 0.1) is 0 Å². The summed E-state index contributed by atoms with van der Waals surface area (Å²) in [5.41, 5.74) is 1.33. The Morgan fingerprint density at radius 1 is 0.905 bits per heavy atom. The number of rotatable bonds is 15. The van der Waals surface area contributed by atoms with Crippen LogP contribution in [0.2, 0.25) is 0 Å². The third-order valence-corrected chi connectivity index (χ3v) is 9.30. The van der Waals surface area contributed by atoms with Crippen molar-refractivity contribution in [1.29, 1.82) is 0 Å². The lowest BCUT2D eigenvalue weighted by molar-refractivity contribution is -0.139. The number of sulfonamides is 1. The summed E-state index contributed by atoms with van der Waals surface area (Å²) < 4.78 is 35.3. The normalized spacial score (nSPS) is 12.7. The zero-order valence-corrected chi connectivity index (χ0v) is 27.0. The van der Waals surface area contributed by atoms with Crippen molar-refractivity contribution in [2.45, 2.75) is 63.9 Å². The van der Waals surface area contributed by atoms with Gasteiger partial charge in [-0.3, -0.25) is 13.9 Å². The Hall–Kier alpha value is -3.37. The van der Waals surface area contributed by atoms with E-state index in [9.17, 15) is 18.0 Å². The molecule has 0 aromatic heterocycles. The number of halogens is 1. The topological polar surface area (TPSA) is 96.0 Å². The smallest absolute Gasteiger partial charge is 0.264 e. The molecule has 0 aliphatic carbocycles. The number of carbonyl (C=O) groups excluding carboxylic acids is 2. The van der Waals surface area contributed by atoms with Crippen molar-refractivity contribution in [3.05, 3.63) is 88.9 Å². The van der Waals surface area contributed by atoms with Gasteiger partial charge in [0, 0.05) is 17.1 Å². The van der Waals surface area contributed by atoms with Gasteiger partial charge in [0.2, 0.25) is 11.8 Å². The minimum Gasteiger partial charge on any atom is -0.494 e. The average molecular weight is 659 g/mol. The lowest BCUT2D eigenvalue weighted by Crippen LogP contribution is -2.54. The van der Waals surface area contributed by atoms with Gasteiger partial charge in [-0.25, -0.2) is 8.42 Å². The first-order valence-corrected chi connectivity index (χ1v) is 16.5. The summed E-state index contributed by atoms with van der Waals surface area (Å²) in [7, 11) is -4.14. The summed E-state index contributed by atoms with van der Waals surface area (Å²) in [4.78, 5) is 29.0. The number of benzene rings is 3. The van der Waals surface area contributed by atoms with Crippen molar-refractivity contribution in [2.75, 3.05) is 24.0 Å². The van der Waals surface area contributed by atoms with Crippen molar-refractivity contribution in [2.24, 2.45) is 0 Å². The maximum absolute atomic E-state index is 14.1. The van der Waals surface area contributed by atoms with Crippen molar-refractivity contribution in [3.8, 4) is 5.75 Å². The molecule has 8 nitrogen and oxygen atoms in total. The number of carbonyl (C=O) groups is 2. The molecule has 3 aromatic rings. The number of nitrogens with zero attached hydrogens (tertiary/aromatic N) is 2. The molecule has 0 saturated carbocycles. The highest BCUT2D eigenvalue weighted by Crippen LogP contribution is 2.27. The van der Waals surface area contributed by atoms with Crippen LogP contribution in [0.4, 0.5) is 5.69 Å². The molecule has 3 aromatic carbocycles. The largest absolute Gasteiger partial charge is 0.494 e. The van der Waals surface area contributed by atoms with E-state index in [-0.39, 0.29) is 23.4 Å². The van der Waals surface area contributed by atoms with Gasteiger partial charge in [0.15, 0.2) is 0 Å². The van der Waals surface area contributed by atoms with Crippen LogP contribution in [0.15, 0.2) is 88.2 Å². The molecular weight excluding hydrogens is 618 g/mol. The lowest BCUT2D eigenvalue weighted by Gasteiger charge is -2.33. The molecule has 2 atom stereocenters. The van der Waals surface area contributed by atoms with Crippen LogP contribution >= 0.6 is 15.9 Å². The first-order valence-electron chi connectivity index (χ1n) is 14.3. The van der Waals surface area contributed by atoms with Crippen molar-refractivity contribution in [3.63, 3.8) is 0 Å². The fraction of sp³-hybridized carbons (Fsp3) is 0.375. The predicted octanol–water partition coefficient (Wildman–Crippen LogP) is 5.81. The average Bonchev–Trinajstić information content (AvgIpc) is 2.99. The Labute approximate surface area is 258 Å². The van der Waals surface area contributed by atoms with Gasteiger partial charge in [0.05, 0.1) is 17.2 Å². The number of hydrogen-bond acceptors (Lipinski definition) is 5. The number of hydrogen-bond donors (Lipinski definition) is 1. The summed E-state index contributed by atoms with van der Waals surface area (Å²) >= 11 is 3.35. The standard InChI is InChI=1S/C32H40BrN3O5S/c1-5-24(4)34-32(38)30(6-2)35(22-21-25-11-9-8-10-12-25)31(37)23-36(27-15-17-28(18-16-27)41-7-3)42(39,40)29-19-13-26(33)14-20-29/h8-20,24,30H,5-7,21-23H2,1-4H3,(H,34,38)/t24-,30-/m1/s1. The summed E-state index contributed by atoms with van der Waals surface area (Å²) in [5, 5.41) is 3.00. The molecule has 0 fully saturated rings. The third kappa shape index (κ3) is 8.82. The van der Waals surface area contributed by atoms with Crippen molar-refractivity contribution >= 4 is 43.5 Å². The van der Waals surface area contributed by atoms with Gasteiger partial charge < -0.3 is 15.0 Å². The number of nitrogens with one attached hydrogen (secondary N) is 1. The Morgan fingerprint density at radius 3 is 2.12 bits per heavy atom. The molecule has 0 bridgehead atoms. The molecule has 0 aliphatic rings. The van der Waals surface area contributed by atoms with E-state index < -0.39 is 28.5 Å². The molecule has 3 rings (SSSR count). The fourth-order valence-electron chi connectivity index (χ4n) is 4.47. The Kier molecular flexibility index (Phi) is 12.4. The van der Waals surface area contributed by atoms with E-state index in [1.54, 1.807) is 36.4 Å². The molecular formula is C32H40BrN3O5S. The predicted molar refractivity (Wildman–Crippen MR) is 170 cm³/mol. The van der Waals surface area contributed by atoms with Gasteiger partial charge in [0.25, 0.3) is 10.0 Å². The van der Waals surface area contributed by atoms with Crippen LogP contribution in [0.25, 0.3) is 0 Å². The first kappa shape index (κ1) is 33.1. The quantitative estimate of drug-likeness (QED) is 0.223. The van der Waals surface area contributed by atoms with Crippen LogP contribution < -0.4 is 14.4 Å². The highest BCUT2D eigenvalue weighted by Gasteiger charge is 2.33. The highest BCUT2D eigenvalue weighted by molar-refractivity contribution is 9.10. The second-order valence-corrected chi connectivity index (χ2v) is 12.7. The number of ether oxygens (including phenoxy) is 1. The molecule has 0 heterocycles. The van der Waals surface area contributed by atoms with Gasteiger partial charge in [-0.15, -0.1) is 0 Å². The zero-order chi connectivity index (χ0) is 30.7. The summed E-state index contributed by atoms with van der Waals surface area (Å²) in [6, 6.07) is 21.7. The molecule has 42 heavy (non-hydrogen) atoms. The van der Waals surface area contributed by atoms with Gasteiger partial charge in [-0.05, 0) is 87.2 Å². The fourth-order valence-corrected chi connectivity index (χ4v) is 6.15. The van der Waals surface area contributed by atoms with E-state index in [0.717, 1.165) is 20.8 Å². The van der Waals surface area contributed by atoms with Gasteiger partial charge in [0.1, 0.15) is 18.3 Å². The summed E-state index contributed by atoms with van der Waals surface area (Å²) in [6.45, 7) is 7.85. The number of anilines is 1. The van der Waals surface area contributed by atoms with Crippen LogP contribution in [0.1, 0.15) is 46.1 Å². The maximum atomic E-state index is 14.1. The molecule has 0 saturated heterocycles. The first-order chi connectivity index (χ1) is 20.1. The molecule has 0 radical (unpaired) electrons. The lowest BCUT2D eigenvalue weighted by atomic mass is 10.1. The van der Waals surface area contributed by atoms with E-state index >= 15 is 0 Å². The molecule has 0 unspecified atom stereocenters. The van der Waals surface area contributed by atoms with Crippen LogP contribution in [-0.2, 0) is 26.0 Å². The van der Waals surface area contributed by atoms with E-state index in [1.807, 2.05) is 58.0 Å². The summed E-state index contributed by atoms with van der Waals surface area (Å²) in [6.07, 6.45) is 1.64. The Balaban J connectivity index is 2.01. The van der Waals surface area contributed by atoms with Crippen molar-refractivity contribution in [1.82, 2.24) is 10.2 Å². The van der Waals surface area contributed by atoms with E-state index in [0.29, 0.717) is 30.9 Å². The van der Waals surface area contributed by atoms with Crippen LogP contribution in [-0.4, -0.2) is 56.9 Å². The molecule has 1 N–H and O–H groups in total. The molecule has 2 amide bonds. The Morgan fingerprint density at radius 2 is 1.55 bits per heavy atom. The SMILES string of the molecule is CCOc1ccc(N(CC(=O)N(CCc2ccccc2)[C@H](CC)C(=O)N[C@H](C)CC)S(=O)(=O)c2ccc(Br)cc2)cc1. The van der Waals surface area contributed by atoms with E-state index in [1.165, 1.54) is 17.0 Å². The second-order valence-electron chi connectivity index (χ2n) is 9.96. The van der Waals surface area contributed by atoms with Crippen molar-refractivity contribution < 1.29 is 22.7 Å². The van der Waals surface area contributed by atoms with E-state index in [4.69, 9.17) is 4.74 Å². The summed E-state index contributed by atoms with van der Waals surface area (Å²) in [5.74, 6) is -0.130. The van der Waals surface area contributed by atoms with Gasteiger partial charge in [-0.2, -0.15) is 0 Å². The third-order valence-electron chi connectivity index (χ3n) is 6.99. The molecule has 226 valence electrons. The zero-order valence-electron chi connectivity index (χ0n) is 24.6. The minimum atomic E-state index is -4.14. The molecule has 0 aliphatic heterocycles. The molecule has 0 spiro atoms. The maximum Gasteiger partial charge on any atom is 0.264 e. The number of amides is 2. The van der Waals surface area contributed by atoms with Crippen LogP contribution in [0.5, 0.6) is 5.75 Å². The van der Waals surface area contributed by atoms with E-state index in [2.05, 4.69) is 21.2 Å². The van der Waals surface area contributed by atoms with Gasteiger partial charge in [-0.1, -0.05) is 60.1 Å². The second kappa shape index (κ2) is 15.7. The monoisotopic (exact) mass is 657 g/mol. The molecule has 10 heteroatoms. The van der Waals surface area contributed by atoms with Crippen LogP contribution in [0.3, 0.4) is 0 Å². The highest BCUT2D eigenvalue weighted by atomic mass is 79.9. The Bertz CT molecular complexity index is 1400. The minimum absolute atomic E-state index is 0.0461. The van der Waals surface area contributed by atoms with Gasteiger partial charge >= 0.3 is 0 Å².